The van der Waals surface area contributed by atoms with E-state index in [4.69, 9.17) is 4.36 Å². The van der Waals surface area contributed by atoms with Crippen LogP contribution in [0.2, 0.25) is 0 Å². The van der Waals surface area contributed by atoms with Gasteiger partial charge in [-0.2, -0.15) is 4.36 Å². The molecule has 3 nitrogen and oxygen atoms in total. The van der Waals surface area contributed by atoms with Gasteiger partial charge in [0, 0.05) is 26.7 Å². The third-order valence-electron chi connectivity index (χ3n) is 4.30. The van der Waals surface area contributed by atoms with E-state index in [2.05, 4.69) is 31.9 Å². The SMILES string of the molecule is CS(=O)(=Nc1c(Br)c2ccc(Br)cc2n1-c1ccccc1)c1ccccc1. The van der Waals surface area contributed by atoms with Crippen molar-refractivity contribution in [1.82, 2.24) is 4.57 Å². The van der Waals surface area contributed by atoms with Gasteiger partial charge in [0.25, 0.3) is 0 Å². The fraction of sp³-hybridized carbons (Fsp3) is 0.0476. The van der Waals surface area contributed by atoms with Crippen LogP contribution in [0.4, 0.5) is 5.82 Å². The third kappa shape index (κ3) is 3.49. The number of hydrogen-bond donors (Lipinski definition) is 0. The first kappa shape index (κ1) is 18.5. The summed E-state index contributed by atoms with van der Waals surface area (Å²) in [7, 11) is -2.61. The summed E-state index contributed by atoms with van der Waals surface area (Å²) >= 11 is 7.25. The normalized spacial score (nSPS) is 13.4. The Morgan fingerprint density at radius 3 is 2.19 bits per heavy atom. The minimum Gasteiger partial charge on any atom is -0.293 e. The Bertz CT molecular complexity index is 1240. The topological polar surface area (TPSA) is 34.4 Å². The van der Waals surface area contributed by atoms with E-state index < -0.39 is 9.73 Å². The molecule has 0 fully saturated rings. The summed E-state index contributed by atoms with van der Waals surface area (Å²) in [4.78, 5) is 0.711. The van der Waals surface area contributed by atoms with E-state index in [1.54, 1.807) is 6.26 Å². The number of para-hydroxylation sites is 1. The average Bonchev–Trinajstić information content (AvgIpc) is 2.94. The Kier molecular flexibility index (Phi) is 4.97. The Morgan fingerprint density at radius 1 is 0.889 bits per heavy atom. The van der Waals surface area contributed by atoms with E-state index in [-0.39, 0.29) is 0 Å². The molecule has 0 amide bonds. The molecule has 4 aromatic rings. The number of hydrogen-bond acceptors (Lipinski definition) is 2. The molecule has 1 unspecified atom stereocenters. The van der Waals surface area contributed by atoms with Gasteiger partial charge in [0.2, 0.25) is 0 Å². The fourth-order valence-electron chi connectivity index (χ4n) is 3.02. The van der Waals surface area contributed by atoms with Gasteiger partial charge in [0.15, 0.2) is 5.82 Å². The molecule has 1 atom stereocenters. The van der Waals surface area contributed by atoms with Crippen LogP contribution in [-0.4, -0.2) is 15.0 Å². The molecule has 0 radical (unpaired) electrons. The molecular formula is C21H16Br2N2OS. The standard InChI is InChI=1S/C21H16Br2N2OS/c1-27(26,17-10-6-3-7-11-17)24-21-20(23)18-13-12-15(22)14-19(18)25(21)16-8-4-2-5-9-16/h2-14H,1H3. The molecule has 0 spiro atoms. The van der Waals surface area contributed by atoms with Gasteiger partial charge in [-0.05, 0) is 52.3 Å². The maximum atomic E-state index is 13.4. The van der Waals surface area contributed by atoms with Gasteiger partial charge in [-0.1, -0.05) is 58.4 Å². The van der Waals surface area contributed by atoms with Crippen LogP contribution in [0, 0.1) is 0 Å². The van der Waals surface area contributed by atoms with Crippen LogP contribution in [0.15, 0.2) is 97.1 Å². The lowest BCUT2D eigenvalue weighted by Gasteiger charge is -2.10. The zero-order valence-electron chi connectivity index (χ0n) is 14.5. The molecule has 0 N–H and O–H groups in total. The molecule has 3 aromatic carbocycles. The summed E-state index contributed by atoms with van der Waals surface area (Å²) in [5.74, 6) is 0.644. The van der Waals surface area contributed by atoms with Crippen LogP contribution in [0.1, 0.15) is 0 Å². The van der Waals surface area contributed by atoms with E-state index in [0.29, 0.717) is 10.7 Å². The predicted molar refractivity (Wildman–Crippen MR) is 120 cm³/mol. The fourth-order valence-corrected chi connectivity index (χ4v) is 5.36. The maximum absolute atomic E-state index is 13.4. The summed E-state index contributed by atoms with van der Waals surface area (Å²) < 4.78 is 22.0. The Hall–Kier alpha value is -1.89. The van der Waals surface area contributed by atoms with Gasteiger partial charge < -0.3 is 0 Å². The summed E-state index contributed by atoms with van der Waals surface area (Å²) in [5.41, 5.74) is 1.96. The van der Waals surface area contributed by atoms with Crippen molar-refractivity contribution >= 4 is 58.3 Å². The molecule has 0 saturated carbocycles. The molecule has 0 aliphatic heterocycles. The van der Waals surface area contributed by atoms with Crippen molar-refractivity contribution in [2.75, 3.05) is 6.26 Å². The zero-order valence-corrected chi connectivity index (χ0v) is 18.5. The quantitative estimate of drug-likeness (QED) is 0.298. The Balaban J connectivity index is 2.08. The van der Waals surface area contributed by atoms with Crippen molar-refractivity contribution in [3.63, 3.8) is 0 Å². The van der Waals surface area contributed by atoms with Crippen LogP contribution in [0.25, 0.3) is 16.6 Å². The van der Waals surface area contributed by atoms with Gasteiger partial charge in [-0.25, -0.2) is 4.21 Å². The zero-order chi connectivity index (χ0) is 19.0. The number of nitrogens with zero attached hydrogens (tertiary/aromatic N) is 2. The lowest BCUT2D eigenvalue weighted by atomic mass is 10.2. The smallest absolute Gasteiger partial charge is 0.162 e. The van der Waals surface area contributed by atoms with Gasteiger partial charge in [-0.3, -0.25) is 4.57 Å². The van der Waals surface area contributed by atoms with E-state index in [1.807, 2.05) is 83.4 Å². The van der Waals surface area contributed by atoms with Crippen molar-refractivity contribution < 1.29 is 4.21 Å². The number of fused-ring (bicyclic) bond motifs is 1. The van der Waals surface area contributed by atoms with E-state index >= 15 is 0 Å². The van der Waals surface area contributed by atoms with Crippen LogP contribution in [0.5, 0.6) is 0 Å². The van der Waals surface area contributed by atoms with Crippen molar-refractivity contribution in [2.24, 2.45) is 4.36 Å². The van der Waals surface area contributed by atoms with Crippen LogP contribution < -0.4 is 0 Å². The maximum Gasteiger partial charge on any atom is 0.162 e. The summed E-state index contributed by atoms with van der Waals surface area (Å²) in [6.07, 6.45) is 1.68. The highest BCUT2D eigenvalue weighted by atomic mass is 79.9. The van der Waals surface area contributed by atoms with E-state index in [0.717, 1.165) is 25.5 Å². The molecule has 4 rings (SSSR count). The molecule has 1 heterocycles. The highest BCUT2D eigenvalue weighted by Crippen LogP contribution is 2.41. The molecule has 0 saturated heterocycles. The highest BCUT2D eigenvalue weighted by molar-refractivity contribution is 9.11. The lowest BCUT2D eigenvalue weighted by Crippen LogP contribution is -1.99. The number of halogens is 2. The van der Waals surface area contributed by atoms with Gasteiger partial charge in [-0.15, -0.1) is 0 Å². The monoisotopic (exact) mass is 502 g/mol. The highest BCUT2D eigenvalue weighted by Gasteiger charge is 2.19. The number of rotatable bonds is 3. The Labute approximate surface area is 175 Å². The van der Waals surface area contributed by atoms with E-state index in [1.165, 1.54) is 0 Å². The summed E-state index contributed by atoms with van der Waals surface area (Å²) in [5, 5.41) is 1.02. The second kappa shape index (κ2) is 7.26. The van der Waals surface area contributed by atoms with E-state index in [9.17, 15) is 4.21 Å². The minimum atomic E-state index is -2.61. The van der Waals surface area contributed by atoms with Crippen LogP contribution in [0.3, 0.4) is 0 Å². The number of benzene rings is 3. The minimum absolute atomic E-state index is 0.644. The van der Waals surface area contributed by atoms with Crippen molar-refractivity contribution in [3.05, 3.63) is 87.8 Å². The lowest BCUT2D eigenvalue weighted by molar-refractivity contribution is 0.680. The molecular weight excluding hydrogens is 488 g/mol. The first-order valence-electron chi connectivity index (χ1n) is 8.29. The second-order valence-corrected chi connectivity index (χ2v) is 10.1. The molecule has 0 aliphatic carbocycles. The molecule has 1 aromatic heterocycles. The first-order chi connectivity index (χ1) is 13.0. The van der Waals surface area contributed by atoms with Gasteiger partial charge in [0.05, 0.1) is 19.7 Å². The predicted octanol–water partition coefficient (Wildman–Crippen LogP) is 6.94. The molecule has 6 heteroatoms. The molecule has 136 valence electrons. The van der Waals surface area contributed by atoms with Crippen LogP contribution in [-0.2, 0) is 9.73 Å². The first-order valence-corrected chi connectivity index (χ1v) is 11.8. The third-order valence-corrected chi connectivity index (χ3v) is 7.24. The van der Waals surface area contributed by atoms with Crippen molar-refractivity contribution in [2.45, 2.75) is 4.90 Å². The second-order valence-electron chi connectivity index (χ2n) is 6.18. The summed E-state index contributed by atoms with van der Waals surface area (Å²) in [6.45, 7) is 0. The van der Waals surface area contributed by atoms with Crippen LogP contribution >= 0.6 is 31.9 Å². The molecule has 27 heavy (non-hydrogen) atoms. The largest absolute Gasteiger partial charge is 0.293 e. The Morgan fingerprint density at radius 2 is 1.52 bits per heavy atom. The van der Waals surface area contributed by atoms with Crippen molar-refractivity contribution in [1.29, 1.82) is 0 Å². The van der Waals surface area contributed by atoms with Gasteiger partial charge in [0.1, 0.15) is 0 Å². The summed E-state index contributed by atoms with van der Waals surface area (Å²) in [6, 6.07) is 25.4. The average molecular weight is 504 g/mol. The number of aromatic nitrogens is 1. The molecule has 0 aliphatic rings. The van der Waals surface area contributed by atoms with Crippen molar-refractivity contribution in [3.8, 4) is 5.69 Å². The van der Waals surface area contributed by atoms with Gasteiger partial charge >= 0.3 is 0 Å². The molecule has 0 bridgehead atoms.